The van der Waals surface area contributed by atoms with Gasteiger partial charge in [0.15, 0.2) is 8.32 Å². The van der Waals surface area contributed by atoms with E-state index in [-0.39, 0.29) is 5.04 Å². The number of hydrogen-bond donors (Lipinski definition) is 0. The van der Waals surface area contributed by atoms with E-state index in [9.17, 15) is 4.79 Å². The first-order valence-electron chi connectivity index (χ1n) is 16.5. The molecular formula is C34H68O2Si. The molecule has 0 aromatic heterocycles. The second kappa shape index (κ2) is 23.5. The topological polar surface area (TPSA) is 26.3 Å². The summed E-state index contributed by atoms with van der Waals surface area (Å²) in [5.74, 6) is 0.498. The van der Waals surface area contributed by atoms with Gasteiger partial charge in [0, 0.05) is 18.9 Å². The van der Waals surface area contributed by atoms with E-state index in [1.54, 1.807) is 0 Å². The van der Waals surface area contributed by atoms with Crippen molar-refractivity contribution in [2.75, 3.05) is 0 Å². The Morgan fingerprint density at radius 3 is 1.65 bits per heavy atom. The Morgan fingerprint density at radius 2 is 1.14 bits per heavy atom. The molecule has 0 aliphatic heterocycles. The van der Waals surface area contributed by atoms with Gasteiger partial charge in [0.1, 0.15) is 5.78 Å². The van der Waals surface area contributed by atoms with Gasteiger partial charge in [-0.2, -0.15) is 0 Å². The molecule has 0 N–H and O–H groups in total. The van der Waals surface area contributed by atoms with Crippen LogP contribution >= 0.6 is 0 Å². The van der Waals surface area contributed by atoms with Gasteiger partial charge >= 0.3 is 0 Å². The van der Waals surface area contributed by atoms with Crippen molar-refractivity contribution in [1.29, 1.82) is 0 Å². The van der Waals surface area contributed by atoms with Crippen LogP contribution in [0.4, 0.5) is 0 Å². The van der Waals surface area contributed by atoms with Gasteiger partial charge in [0.05, 0.1) is 0 Å². The Hall–Kier alpha value is -0.413. The third-order valence-corrected chi connectivity index (χ3v) is 12.9. The molecule has 220 valence electrons. The quantitative estimate of drug-likeness (QED) is 0.0624. The fraction of sp³-hybridized carbons (Fsp3) is 0.912. The van der Waals surface area contributed by atoms with E-state index in [0.717, 1.165) is 32.1 Å². The molecule has 0 radical (unpaired) electrons. The average Bonchev–Trinajstić information content (AvgIpc) is 2.83. The standard InChI is InChI=1S/C34H68O2Si/c1-8-10-12-14-15-18-21-24-28-32(35)29-25-22-19-16-17-20-23-27-31-33(30-26-13-11-9-2)36-37(6,7)34(3,4)5/h23,27,33H,8-22,24-26,28-31H2,1-7H3/b27-23-/t33-/m1/s1. The Labute approximate surface area is 235 Å². The highest BCUT2D eigenvalue weighted by atomic mass is 28.4. The van der Waals surface area contributed by atoms with E-state index >= 15 is 0 Å². The van der Waals surface area contributed by atoms with Gasteiger partial charge < -0.3 is 4.43 Å². The maximum absolute atomic E-state index is 12.1. The molecule has 0 aliphatic carbocycles. The van der Waals surface area contributed by atoms with E-state index in [1.165, 1.54) is 109 Å². The molecule has 0 aromatic carbocycles. The van der Waals surface area contributed by atoms with Crippen molar-refractivity contribution in [3.8, 4) is 0 Å². The lowest BCUT2D eigenvalue weighted by Gasteiger charge is -2.39. The van der Waals surface area contributed by atoms with Gasteiger partial charge in [0.2, 0.25) is 0 Å². The van der Waals surface area contributed by atoms with Gasteiger partial charge in [-0.25, -0.2) is 0 Å². The van der Waals surface area contributed by atoms with Crippen molar-refractivity contribution in [1.82, 2.24) is 0 Å². The SMILES string of the molecule is CCCCCCCCCCC(=O)CCCCCCC/C=C\C[C@@H](CCCCCC)O[Si](C)(C)C(C)(C)C. The molecule has 0 rings (SSSR count). The molecule has 0 unspecified atom stereocenters. The molecule has 0 amide bonds. The molecule has 0 fully saturated rings. The molecule has 0 saturated heterocycles. The highest BCUT2D eigenvalue weighted by Crippen LogP contribution is 2.38. The monoisotopic (exact) mass is 536 g/mol. The molecule has 3 heteroatoms. The first-order chi connectivity index (χ1) is 17.6. The largest absolute Gasteiger partial charge is 0.414 e. The molecule has 0 bridgehead atoms. The number of hydrogen-bond acceptors (Lipinski definition) is 2. The van der Waals surface area contributed by atoms with Crippen molar-refractivity contribution in [3.63, 3.8) is 0 Å². The van der Waals surface area contributed by atoms with Crippen LogP contribution in [0, 0.1) is 0 Å². The molecule has 2 nitrogen and oxygen atoms in total. The highest BCUT2D eigenvalue weighted by molar-refractivity contribution is 6.74. The summed E-state index contributed by atoms with van der Waals surface area (Å²) in [6.07, 6.45) is 32.1. The zero-order valence-electron chi connectivity index (χ0n) is 26.6. The molecule has 0 spiro atoms. The highest BCUT2D eigenvalue weighted by Gasteiger charge is 2.38. The maximum atomic E-state index is 12.1. The normalized spacial score (nSPS) is 13.5. The van der Waals surface area contributed by atoms with Crippen LogP contribution in [0.1, 0.15) is 176 Å². The number of carbonyl (C=O) groups is 1. The van der Waals surface area contributed by atoms with Crippen LogP contribution in [0.3, 0.4) is 0 Å². The Kier molecular flexibility index (Phi) is 23.2. The molecule has 0 aromatic rings. The van der Waals surface area contributed by atoms with Crippen molar-refractivity contribution in [2.24, 2.45) is 0 Å². The first-order valence-corrected chi connectivity index (χ1v) is 19.4. The van der Waals surface area contributed by atoms with E-state index in [1.807, 2.05) is 0 Å². The smallest absolute Gasteiger partial charge is 0.192 e. The second-order valence-electron chi connectivity index (χ2n) is 13.1. The minimum absolute atomic E-state index is 0.274. The first kappa shape index (κ1) is 36.6. The number of unbranched alkanes of at least 4 members (excludes halogenated alkanes) is 15. The van der Waals surface area contributed by atoms with Crippen LogP contribution in [0.15, 0.2) is 12.2 Å². The summed E-state index contributed by atoms with van der Waals surface area (Å²) in [5, 5.41) is 0.274. The van der Waals surface area contributed by atoms with Gasteiger partial charge in [-0.1, -0.05) is 137 Å². The lowest BCUT2D eigenvalue weighted by Crippen LogP contribution is -2.43. The zero-order chi connectivity index (χ0) is 27.8. The lowest BCUT2D eigenvalue weighted by molar-refractivity contribution is -0.119. The fourth-order valence-corrected chi connectivity index (χ4v) is 6.08. The Balaban J connectivity index is 3.89. The van der Waals surface area contributed by atoms with Crippen LogP contribution in [-0.4, -0.2) is 20.2 Å². The predicted octanol–water partition coefficient (Wildman–Crippen LogP) is 12.1. The molecular weight excluding hydrogens is 468 g/mol. The Morgan fingerprint density at radius 1 is 0.676 bits per heavy atom. The number of rotatable bonds is 26. The van der Waals surface area contributed by atoms with Gasteiger partial charge in [-0.15, -0.1) is 0 Å². The number of allylic oxidation sites excluding steroid dienone is 1. The third-order valence-electron chi connectivity index (χ3n) is 8.35. The third kappa shape index (κ3) is 22.1. The predicted molar refractivity (Wildman–Crippen MR) is 169 cm³/mol. The number of ketones is 1. The van der Waals surface area contributed by atoms with Crippen molar-refractivity contribution in [2.45, 2.75) is 200 Å². The van der Waals surface area contributed by atoms with Crippen molar-refractivity contribution >= 4 is 14.1 Å². The van der Waals surface area contributed by atoms with Crippen LogP contribution in [0.5, 0.6) is 0 Å². The summed E-state index contributed by atoms with van der Waals surface area (Å²) >= 11 is 0. The minimum Gasteiger partial charge on any atom is -0.414 e. The van der Waals surface area contributed by atoms with Crippen LogP contribution in [0.2, 0.25) is 18.1 Å². The van der Waals surface area contributed by atoms with Crippen LogP contribution < -0.4 is 0 Å². The zero-order valence-corrected chi connectivity index (χ0v) is 27.6. The van der Waals surface area contributed by atoms with Crippen molar-refractivity contribution < 1.29 is 9.22 Å². The summed E-state index contributed by atoms with van der Waals surface area (Å²) in [7, 11) is -1.71. The average molecular weight is 537 g/mol. The van der Waals surface area contributed by atoms with E-state index < -0.39 is 8.32 Å². The van der Waals surface area contributed by atoms with E-state index in [0.29, 0.717) is 11.9 Å². The van der Waals surface area contributed by atoms with Gasteiger partial charge in [-0.05, 0) is 56.7 Å². The van der Waals surface area contributed by atoms with Crippen LogP contribution in [0.25, 0.3) is 0 Å². The van der Waals surface area contributed by atoms with Crippen molar-refractivity contribution in [3.05, 3.63) is 12.2 Å². The molecule has 0 saturated carbocycles. The number of carbonyl (C=O) groups excluding carboxylic acids is 1. The molecule has 0 aliphatic rings. The van der Waals surface area contributed by atoms with Gasteiger partial charge in [-0.3, -0.25) is 4.79 Å². The van der Waals surface area contributed by atoms with Crippen LogP contribution in [-0.2, 0) is 9.22 Å². The number of Topliss-reactive ketones (excluding diaryl/α,β-unsaturated/α-hetero) is 1. The molecule has 0 heterocycles. The second-order valence-corrected chi connectivity index (χ2v) is 17.9. The summed E-state index contributed by atoms with van der Waals surface area (Å²) in [6, 6.07) is 0. The molecule has 37 heavy (non-hydrogen) atoms. The summed E-state index contributed by atoms with van der Waals surface area (Å²) < 4.78 is 6.79. The van der Waals surface area contributed by atoms with E-state index in [4.69, 9.17) is 4.43 Å². The molecule has 1 atom stereocenters. The fourth-order valence-electron chi connectivity index (χ4n) is 4.68. The minimum atomic E-state index is -1.71. The summed E-state index contributed by atoms with van der Waals surface area (Å²) in [6.45, 7) is 16.4. The van der Waals surface area contributed by atoms with E-state index in [2.05, 4.69) is 59.9 Å². The lowest BCUT2D eigenvalue weighted by atomic mass is 10.0. The van der Waals surface area contributed by atoms with Gasteiger partial charge in [0.25, 0.3) is 0 Å². The maximum Gasteiger partial charge on any atom is 0.192 e. The summed E-state index contributed by atoms with van der Waals surface area (Å²) in [4.78, 5) is 12.1. The summed E-state index contributed by atoms with van der Waals surface area (Å²) in [5.41, 5.74) is 0. The Bertz CT molecular complexity index is 547.